The molecule has 0 radical (unpaired) electrons. The molecule has 9 nitrogen and oxygen atoms in total. The number of carboxylic acids is 1. The van der Waals surface area contributed by atoms with Crippen LogP contribution in [0.3, 0.4) is 0 Å². The van der Waals surface area contributed by atoms with Gasteiger partial charge in [0.15, 0.2) is 11.5 Å². The van der Waals surface area contributed by atoms with Crippen molar-refractivity contribution in [3.8, 4) is 11.4 Å². The number of aryl methyl sites for hydroxylation is 1. The molecule has 0 saturated heterocycles. The minimum absolute atomic E-state index is 0.111. The zero-order valence-corrected chi connectivity index (χ0v) is 15.1. The fraction of sp³-hybridized carbons (Fsp3) is 0.235. The molecule has 0 amide bonds. The Morgan fingerprint density at radius 1 is 1.28 bits per heavy atom. The molecule has 4 aromatic rings. The Balaban J connectivity index is 2.03. The van der Waals surface area contributed by atoms with E-state index in [9.17, 15) is 23.1 Å². The van der Waals surface area contributed by atoms with E-state index in [1.54, 1.807) is 13.2 Å². The van der Waals surface area contributed by atoms with Crippen LogP contribution in [0.5, 0.6) is 0 Å². The van der Waals surface area contributed by atoms with Crippen molar-refractivity contribution in [2.45, 2.75) is 19.1 Å². The van der Waals surface area contributed by atoms with E-state index in [0.717, 1.165) is 6.07 Å². The molecular formula is C17H14F3N7O2. The van der Waals surface area contributed by atoms with Gasteiger partial charge in [-0.3, -0.25) is 9.48 Å². The monoisotopic (exact) mass is 405 g/mol. The number of hydrogen-bond donors (Lipinski definition) is 2. The van der Waals surface area contributed by atoms with Crippen LogP contribution < -0.4 is 5.32 Å². The number of alkyl halides is 3. The topological polar surface area (TPSA) is 110 Å². The number of carboxylic acid groups (broad SMARTS) is 1. The lowest BCUT2D eigenvalue weighted by Gasteiger charge is -2.14. The molecule has 1 unspecified atom stereocenters. The number of para-hydroxylation sites is 1. The van der Waals surface area contributed by atoms with Gasteiger partial charge in [0.05, 0.1) is 22.8 Å². The van der Waals surface area contributed by atoms with Crippen molar-refractivity contribution < 1.29 is 23.1 Å². The number of carbonyl (C=O) groups is 1. The van der Waals surface area contributed by atoms with E-state index in [-0.39, 0.29) is 28.3 Å². The largest absolute Gasteiger partial charge is 0.480 e. The molecule has 0 saturated carbocycles. The van der Waals surface area contributed by atoms with Crippen LogP contribution in [0.15, 0.2) is 30.6 Å². The molecule has 0 fully saturated rings. The van der Waals surface area contributed by atoms with Crippen molar-refractivity contribution in [1.29, 1.82) is 0 Å². The lowest BCUT2D eigenvalue weighted by Crippen LogP contribution is -2.27. The molecule has 29 heavy (non-hydrogen) atoms. The summed E-state index contributed by atoms with van der Waals surface area (Å²) < 4.78 is 43.2. The fourth-order valence-corrected chi connectivity index (χ4v) is 2.87. The first-order valence-corrected chi connectivity index (χ1v) is 8.40. The molecule has 0 aliphatic carbocycles. The second-order valence-electron chi connectivity index (χ2n) is 6.41. The van der Waals surface area contributed by atoms with Gasteiger partial charge in [-0.2, -0.15) is 22.8 Å². The third-order valence-electron chi connectivity index (χ3n) is 4.29. The first-order valence-electron chi connectivity index (χ1n) is 8.40. The zero-order chi connectivity index (χ0) is 20.9. The van der Waals surface area contributed by atoms with Gasteiger partial charge >= 0.3 is 12.1 Å². The van der Waals surface area contributed by atoms with Gasteiger partial charge in [0.1, 0.15) is 6.04 Å². The number of fused-ring (bicyclic) bond motifs is 3. The van der Waals surface area contributed by atoms with Crippen LogP contribution in [0, 0.1) is 0 Å². The number of rotatable bonds is 4. The highest BCUT2D eigenvalue weighted by Gasteiger charge is 2.34. The average molecular weight is 405 g/mol. The van der Waals surface area contributed by atoms with E-state index in [0.29, 0.717) is 5.56 Å². The predicted molar refractivity (Wildman–Crippen MR) is 96.2 cm³/mol. The van der Waals surface area contributed by atoms with Gasteiger partial charge in [-0.15, -0.1) is 5.10 Å². The smallest absolute Gasteiger partial charge is 0.418 e. The molecule has 12 heteroatoms. The Kier molecular flexibility index (Phi) is 4.14. The number of halogens is 3. The van der Waals surface area contributed by atoms with Crippen LogP contribution in [0.4, 0.5) is 19.1 Å². The third-order valence-corrected chi connectivity index (χ3v) is 4.29. The summed E-state index contributed by atoms with van der Waals surface area (Å²) in [4.78, 5) is 19.6. The van der Waals surface area contributed by atoms with Crippen molar-refractivity contribution in [3.05, 3.63) is 36.2 Å². The van der Waals surface area contributed by atoms with Crippen molar-refractivity contribution in [2.24, 2.45) is 7.05 Å². The Bertz CT molecular complexity index is 1250. The van der Waals surface area contributed by atoms with E-state index >= 15 is 0 Å². The van der Waals surface area contributed by atoms with Crippen LogP contribution in [-0.4, -0.2) is 46.5 Å². The van der Waals surface area contributed by atoms with Gasteiger partial charge in [-0.1, -0.05) is 6.07 Å². The van der Waals surface area contributed by atoms with Crippen molar-refractivity contribution in [2.75, 3.05) is 5.32 Å². The summed E-state index contributed by atoms with van der Waals surface area (Å²) in [7, 11) is 1.70. The molecule has 3 heterocycles. The number of aliphatic carboxylic acids is 1. The van der Waals surface area contributed by atoms with E-state index in [1.165, 1.54) is 34.5 Å². The maximum Gasteiger partial charge on any atom is 0.418 e. The molecule has 4 rings (SSSR count). The van der Waals surface area contributed by atoms with Crippen molar-refractivity contribution in [1.82, 2.24) is 29.4 Å². The minimum atomic E-state index is -4.65. The zero-order valence-electron chi connectivity index (χ0n) is 15.1. The number of nitrogens with zero attached hydrogens (tertiary/aromatic N) is 6. The van der Waals surface area contributed by atoms with Crippen LogP contribution in [0.1, 0.15) is 12.5 Å². The Hall–Kier alpha value is -3.70. The summed E-state index contributed by atoms with van der Waals surface area (Å²) in [6.07, 6.45) is -1.48. The number of anilines is 1. The van der Waals surface area contributed by atoms with Crippen LogP contribution in [0.2, 0.25) is 0 Å². The fourth-order valence-electron chi connectivity index (χ4n) is 2.87. The molecule has 1 atom stereocenters. The summed E-state index contributed by atoms with van der Waals surface area (Å²) in [6, 6.07) is 2.51. The number of hydrogen-bond acceptors (Lipinski definition) is 6. The first kappa shape index (κ1) is 18.7. The molecule has 0 aliphatic heterocycles. The molecule has 150 valence electrons. The molecular weight excluding hydrogens is 391 g/mol. The van der Waals surface area contributed by atoms with Crippen LogP contribution in [0.25, 0.3) is 27.9 Å². The van der Waals surface area contributed by atoms with Gasteiger partial charge in [0.2, 0.25) is 5.95 Å². The summed E-state index contributed by atoms with van der Waals surface area (Å²) in [5.74, 6) is -1.14. The van der Waals surface area contributed by atoms with Crippen LogP contribution in [-0.2, 0) is 18.0 Å². The first-order chi connectivity index (χ1) is 13.6. The van der Waals surface area contributed by atoms with Gasteiger partial charge < -0.3 is 10.4 Å². The normalized spacial score (nSPS) is 13.1. The molecule has 2 N–H and O–H groups in total. The highest BCUT2D eigenvalue weighted by Crippen LogP contribution is 2.36. The molecule has 0 aliphatic rings. The van der Waals surface area contributed by atoms with Gasteiger partial charge in [0.25, 0.3) is 0 Å². The lowest BCUT2D eigenvalue weighted by molar-refractivity contribution is -0.138. The third kappa shape index (κ3) is 3.22. The second-order valence-corrected chi connectivity index (χ2v) is 6.41. The quantitative estimate of drug-likeness (QED) is 0.537. The summed E-state index contributed by atoms with van der Waals surface area (Å²) >= 11 is 0. The predicted octanol–water partition coefficient (Wildman–Crippen LogP) is 2.58. The molecule has 3 aromatic heterocycles. The van der Waals surface area contributed by atoms with E-state index in [2.05, 4.69) is 25.5 Å². The summed E-state index contributed by atoms with van der Waals surface area (Å²) in [5, 5.41) is 20.2. The van der Waals surface area contributed by atoms with E-state index in [4.69, 9.17) is 0 Å². The Morgan fingerprint density at radius 2 is 2.03 bits per heavy atom. The number of benzene rings is 1. The van der Waals surface area contributed by atoms with Crippen molar-refractivity contribution >= 4 is 28.5 Å². The highest BCUT2D eigenvalue weighted by molar-refractivity contribution is 5.95. The molecule has 1 aromatic carbocycles. The van der Waals surface area contributed by atoms with Gasteiger partial charge in [0, 0.05) is 18.6 Å². The van der Waals surface area contributed by atoms with E-state index < -0.39 is 23.8 Å². The molecule has 0 spiro atoms. The Labute approximate surface area is 160 Å². The van der Waals surface area contributed by atoms with Crippen molar-refractivity contribution in [3.63, 3.8) is 0 Å². The number of aromatic nitrogens is 6. The lowest BCUT2D eigenvalue weighted by atomic mass is 10.1. The second kappa shape index (κ2) is 6.43. The highest BCUT2D eigenvalue weighted by atomic mass is 19.4. The SMILES string of the molecule is CC(Nc1nc2c(C(F)(F)F)cccc2c2nc(-c3cnn(C)c3)nn12)C(=O)O. The Morgan fingerprint density at radius 3 is 2.66 bits per heavy atom. The molecule has 0 bridgehead atoms. The minimum Gasteiger partial charge on any atom is -0.480 e. The number of nitrogens with one attached hydrogen (secondary N) is 1. The average Bonchev–Trinajstić information content (AvgIpc) is 3.27. The standard InChI is InChI=1S/C17H14F3N7O2/c1-8(15(28)29)22-16-23-12-10(4-3-5-11(12)17(18,19)20)14-24-13(25-27(14)16)9-6-21-26(2)7-9/h3-8H,1-2H3,(H,22,23)(H,28,29). The van der Waals surface area contributed by atoms with Gasteiger partial charge in [-0.25, -0.2) is 9.97 Å². The summed E-state index contributed by atoms with van der Waals surface area (Å²) in [5.41, 5.74) is -0.638. The van der Waals surface area contributed by atoms with Gasteiger partial charge in [-0.05, 0) is 19.1 Å². The maximum atomic E-state index is 13.5. The summed E-state index contributed by atoms with van der Waals surface area (Å²) in [6.45, 7) is 1.34. The van der Waals surface area contributed by atoms with E-state index in [1.807, 2.05) is 0 Å². The van der Waals surface area contributed by atoms with Crippen LogP contribution >= 0.6 is 0 Å². The maximum absolute atomic E-state index is 13.5.